The van der Waals surface area contributed by atoms with Gasteiger partial charge in [0.2, 0.25) is 11.8 Å². The lowest BCUT2D eigenvalue weighted by Crippen LogP contribution is -2.60. The molecule has 0 aromatic heterocycles. The molecule has 1 spiro atoms. The molecular formula is C22H24BrFN2O4. The highest BCUT2D eigenvalue weighted by atomic mass is 79.9. The van der Waals surface area contributed by atoms with Gasteiger partial charge in [-0.3, -0.25) is 14.4 Å². The molecule has 3 aliphatic carbocycles. The number of methoxy groups -OCH3 is 1. The molecule has 6 nitrogen and oxygen atoms in total. The van der Waals surface area contributed by atoms with E-state index in [1.165, 1.54) is 13.2 Å². The van der Waals surface area contributed by atoms with Gasteiger partial charge in [0.1, 0.15) is 5.82 Å². The van der Waals surface area contributed by atoms with Gasteiger partial charge >= 0.3 is 5.97 Å². The first-order valence-corrected chi connectivity index (χ1v) is 10.7. The van der Waals surface area contributed by atoms with Gasteiger partial charge in [-0.05, 0) is 60.6 Å². The Labute approximate surface area is 182 Å². The molecule has 0 radical (unpaired) electrons. The topological polar surface area (TPSA) is 112 Å². The quantitative estimate of drug-likeness (QED) is 0.463. The summed E-state index contributed by atoms with van der Waals surface area (Å²) in [6.45, 7) is 0. The lowest BCUT2D eigenvalue weighted by Gasteiger charge is -2.48. The minimum Gasteiger partial charge on any atom is -0.469 e. The van der Waals surface area contributed by atoms with Gasteiger partial charge in [0, 0.05) is 10.9 Å². The Hall–Kier alpha value is -2.22. The van der Waals surface area contributed by atoms with E-state index in [9.17, 15) is 18.8 Å². The fraction of sp³-hybridized carbons (Fsp3) is 0.500. The Balaban J connectivity index is 1.91. The van der Waals surface area contributed by atoms with Crippen LogP contribution in [0.3, 0.4) is 0 Å². The number of amides is 2. The molecule has 4 N–H and O–H groups in total. The summed E-state index contributed by atoms with van der Waals surface area (Å²) in [6, 6.07) is 4.59. The van der Waals surface area contributed by atoms with E-state index in [1.807, 2.05) is 12.2 Å². The zero-order chi connectivity index (χ0) is 21.9. The molecule has 8 heteroatoms. The van der Waals surface area contributed by atoms with Gasteiger partial charge in [0.05, 0.1) is 17.9 Å². The number of esters is 1. The highest BCUT2D eigenvalue weighted by Crippen LogP contribution is 2.81. The van der Waals surface area contributed by atoms with Gasteiger partial charge in [-0.15, -0.1) is 0 Å². The van der Waals surface area contributed by atoms with Gasteiger partial charge in [-0.25, -0.2) is 4.39 Å². The summed E-state index contributed by atoms with van der Waals surface area (Å²) in [7, 11) is 1.26. The molecule has 0 unspecified atom stereocenters. The third-order valence-corrected chi connectivity index (χ3v) is 8.23. The second-order valence-corrected chi connectivity index (χ2v) is 9.65. The summed E-state index contributed by atoms with van der Waals surface area (Å²) < 4.78 is 20.2. The van der Waals surface area contributed by atoms with Crippen LogP contribution in [0.4, 0.5) is 4.39 Å². The highest BCUT2D eigenvalue weighted by Gasteiger charge is 2.82. The maximum Gasteiger partial charge on any atom is 0.305 e. The summed E-state index contributed by atoms with van der Waals surface area (Å²) in [6.07, 6.45) is 5.45. The van der Waals surface area contributed by atoms with Gasteiger partial charge in [0.25, 0.3) is 0 Å². The number of benzene rings is 1. The molecule has 0 heterocycles. The number of carbonyl (C=O) groups is 3. The van der Waals surface area contributed by atoms with Crippen molar-refractivity contribution in [2.75, 3.05) is 7.11 Å². The van der Waals surface area contributed by atoms with Crippen LogP contribution in [0, 0.1) is 33.9 Å². The monoisotopic (exact) mass is 478 g/mol. The lowest BCUT2D eigenvalue weighted by atomic mass is 9.53. The van der Waals surface area contributed by atoms with Gasteiger partial charge in [0.15, 0.2) is 0 Å². The summed E-state index contributed by atoms with van der Waals surface area (Å²) in [5, 5.41) is 0. The summed E-state index contributed by atoms with van der Waals surface area (Å²) in [5.74, 6) is -3.00. The van der Waals surface area contributed by atoms with Crippen molar-refractivity contribution < 1.29 is 23.5 Å². The van der Waals surface area contributed by atoms with Crippen molar-refractivity contribution in [1.82, 2.24) is 0 Å². The largest absolute Gasteiger partial charge is 0.469 e. The van der Waals surface area contributed by atoms with Crippen molar-refractivity contribution >= 4 is 33.7 Å². The van der Waals surface area contributed by atoms with Crippen molar-refractivity contribution in [3.63, 3.8) is 0 Å². The Kier molecular flexibility index (Phi) is 4.84. The number of carbonyl (C=O) groups excluding carboxylic acids is 3. The van der Waals surface area contributed by atoms with Crippen molar-refractivity contribution in [1.29, 1.82) is 0 Å². The molecule has 2 bridgehead atoms. The van der Waals surface area contributed by atoms with Gasteiger partial charge < -0.3 is 16.2 Å². The van der Waals surface area contributed by atoms with Crippen LogP contribution in [0.5, 0.6) is 0 Å². The molecule has 2 saturated carbocycles. The van der Waals surface area contributed by atoms with E-state index in [0.29, 0.717) is 4.47 Å². The molecule has 30 heavy (non-hydrogen) atoms. The average molecular weight is 479 g/mol. The molecule has 2 fully saturated rings. The Morgan fingerprint density at radius 2 is 1.73 bits per heavy atom. The predicted molar refractivity (Wildman–Crippen MR) is 110 cm³/mol. The van der Waals surface area contributed by atoms with E-state index in [4.69, 9.17) is 16.2 Å². The van der Waals surface area contributed by atoms with Crippen LogP contribution in [0.25, 0.3) is 0 Å². The zero-order valence-corrected chi connectivity index (χ0v) is 18.2. The van der Waals surface area contributed by atoms with Crippen molar-refractivity contribution in [2.45, 2.75) is 32.1 Å². The van der Waals surface area contributed by atoms with E-state index < -0.39 is 34.4 Å². The summed E-state index contributed by atoms with van der Waals surface area (Å²) in [5.41, 5.74) is 9.21. The van der Waals surface area contributed by atoms with E-state index in [1.54, 1.807) is 12.1 Å². The van der Waals surface area contributed by atoms with Crippen LogP contribution in [-0.2, 0) is 25.5 Å². The van der Waals surface area contributed by atoms with Crippen LogP contribution in [0.1, 0.15) is 31.2 Å². The van der Waals surface area contributed by atoms with Crippen LogP contribution >= 0.6 is 15.9 Å². The number of rotatable bonds is 7. The van der Waals surface area contributed by atoms with Crippen LogP contribution in [0.2, 0.25) is 0 Å². The second-order valence-electron chi connectivity index (χ2n) is 8.73. The fourth-order valence-corrected chi connectivity index (χ4v) is 6.73. The van der Waals surface area contributed by atoms with E-state index >= 15 is 0 Å². The van der Waals surface area contributed by atoms with Crippen LogP contribution in [-0.4, -0.2) is 24.9 Å². The number of ether oxygens (including phenoxy) is 1. The van der Waals surface area contributed by atoms with Crippen molar-refractivity contribution in [2.24, 2.45) is 39.5 Å². The van der Waals surface area contributed by atoms with Gasteiger partial charge in [-0.2, -0.15) is 0 Å². The molecule has 2 amide bonds. The third kappa shape index (κ3) is 2.55. The second kappa shape index (κ2) is 6.90. The zero-order valence-electron chi connectivity index (χ0n) is 16.6. The number of primary amides is 2. The minimum absolute atomic E-state index is 0.0311. The first kappa shape index (κ1) is 21.0. The number of hydrogen-bond donors (Lipinski definition) is 2. The molecule has 4 atom stereocenters. The number of hydrogen-bond acceptors (Lipinski definition) is 4. The van der Waals surface area contributed by atoms with E-state index in [-0.39, 0.29) is 42.1 Å². The van der Waals surface area contributed by atoms with Gasteiger partial charge in [-0.1, -0.05) is 34.1 Å². The Morgan fingerprint density at radius 3 is 2.23 bits per heavy atom. The molecule has 1 aromatic carbocycles. The smallest absolute Gasteiger partial charge is 0.305 e. The molecule has 3 aliphatic rings. The van der Waals surface area contributed by atoms with E-state index in [2.05, 4.69) is 15.9 Å². The normalized spacial score (nSPS) is 32.4. The first-order valence-electron chi connectivity index (χ1n) is 9.94. The Morgan fingerprint density at radius 1 is 1.13 bits per heavy atom. The SMILES string of the molecule is COC(=O)CC[C@@]1(C(N)=O)[C@@H]2C=C[C@@H](C23CC3)[C@@]1(Cc1ccc(Br)cc1F)C(N)=O. The molecule has 1 aromatic rings. The summed E-state index contributed by atoms with van der Waals surface area (Å²) >= 11 is 3.24. The minimum atomic E-state index is -1.42. The maximum absolute atomic E-state index is 14.8. The fourth-order valence-electron chi connectivity index (χ4n) is 6.40. The lowest BCUT2D eigenvalue weighted by molar-refractivity contribution is -0.154. The molecule has 160 valence electrons. The predicted octanol–water partition coefficient (Wildman–Crippen LogP) is 2.62. The molecule has 0 saturated heterocycles. The standard InChI is InChI=1S/C22H24BrFN2O4/c1-30-17(27)6-7-21(18(25)28)15-4-5-16(20(15)8-9-20)22(21,19(26)29)11-12-2-3-13(23)10-14(12)24/h2-5,10,15-16H,6-9,11H2,1H3,(H2,25,28)(H2,26,29)/t15-,16+,21+,22+/m1/s1. The highest BCUT2D eigenvalue weighted by molar-refractivity contribution is 9.10. The number of nitrogens with two attached hydrogens (primary N) is 2. The molecule has 4 rings (SSSR count). The maximum atomic E-state index is 14.8. The first-order chi connectivity index (χ1) is 14.2. The van der Waals surface area contributed by atoms with E-state index in [0.717, 1.165) is 12.8 Å². The summed E-state index contributed by atoms with van der Waals surface area (Å²) in [4.78, 5) is 38.3. The Bertz CT molecular complexity index is 976. The molecular weight excluding hydrogens is 455 g/mol. The average Bonchev–Trinajstić information content (AvgIpc) is 3.35. The number of allylic oxidation sites excluding steroid dienone is 2. The van der Waals surface area contributed by atoms with Crippen molar-refractivity contribution in [3.05, 3.63) is 46.2 Å². The van der Waals surface area contributed by atoms with Crippen LogP contribution < -0.4 is 11.5 Å². The van der Waals surface area contributed by atoms with Crippen molar-refractivity contribution in [3.8, 4) is 0 Å². The van der Waals surface area contributed by atoms with Crippen LogP contribution in [0.15, 0.2) is 34.8 Å². The third-order valence-electron chi connectivity index (χ3n) is 7.73. The number of halogens is 2. The molecule has 0 aliphatic heterocycles.